The van der Waals surface area contributed by atoms with E-state index < -0.39 is 6.10 Å². The molecular weight excluding hydrogens is 793 g/mol. The number of rotatable bonds is 45. The van der Waals surface area contributed by atoms with Crippen LogP contribution in [0.3, 0.4) is 0 Å². The highest BCUT2D eigenvalue weighted by atomic mass is 16.6. The van der Waals surface area contributed by atoms with Gasteiger partial charge in [0.05, 0.1) is 0 Å². The number of carbonyl (C=O) groups excluding carboxylic acids is 3. The van der Waals surface area contributed by atoms with E-state index in [9.17, 15) is 14.4 Å². The molecule has 0 aliphatic rings. The van der Waals surface area contributed by atoms with Crippen molar-refractivity contribution in [1.82, 2.24) is 0 Å². The molecule has 0 aromatic heterocycles. The largest absolute Gasteiger partial charge is 0.462 e. The van der Waals surface area contributed by atoms with Gasteiger partial charge in [0.25, 0.3) is 0 Å². The first-order valence-corrected chi connectivity index (χ1v) is 25.9. The monoisotopic (exact) mass is 887 g/mol. The summed E-state index contributed by atoms with van der Waals surface area (Å²) >= 11 is 0. The highest BCUT2D eigenvalue weighted by molar-refractivity contribution is 5.71. The highest BCUT2D eigenvalue weighted by Gasteiger charge is 2.19. The second-order valence-corrected chi connectivity index (χ2v) is 16.7. The third-order valence-corrected chi connectivity index (χ3v) is 10.5. The van der Waals surface area contributed by atoms with E-state index in [0.717, 1.165) is 83.5 Å². The van der Waals surface area contributed by atoms with E-state index in [0.29, 0.717) is 25.7 Å². The van der Waals surface area contributed by atoms with E-state index in [2.05, 4.69) is 124 Å². The lowest BCUT2D eigenvalue weighted by atomic mass is 10.0. The smallest absolute Gasteiger partial charge is 0.306 e. The number of hydrogen-bond donors (Lipinski definition) is 0. The fourth-order valence-corrected chi connectivity index (χ4v) is 6.65. The summed E-state index contributed by atoms with van der Waals surface area (Å²) in [6, 6.07) is 0. The first-order valence-electron chi connectivity index (χ1n) is 25.9. The molecule has 0 saturated heterocycles. The maximum Gasteiger partial charge on any atom is 0.306 e. The Morgan fingerprint density at radius 1 is 0.328 bits per heavy atom. The molecule has 0 radical (unpaired) electrons. The zero-order chi connectivity index (χ0) is 46.5. The van der Waals surface area contributed by atoms with Crippen LogP contribution in [0, 0.1) is 0 Å². The van der Waals surface area contributed by atoms with Gasteiger partial charge in [0.15, 0.2) is 6.10 Å². The summed E-state index contributed by atoms with van der Waals surface area (Å²) in [5, 5.41) is 0. The maximum atomic E-state index is 12.8. The number of unbranched alkanes of at least 4 members (excludes halogenated alkanes) is 16. The molecule has 6 nitrogen and oxygen atoms in total. The molecule has 0 aliphatic carbocycles. The van der Waals surface area contributed by atoms with Crippen molar-refractivity contribution >= 4 is 17.9 Å². The van der Waals surface area contributed by atoms with Crippen molar-refractivity contribution in [2.75, 3.05) is 13.2 Å². The second kappa shape index (κ2) is 51.7. The molecule has 0 aromatic rings. The van der Waals surface area contributed by atoms with Gasteiger partial charge in [-0.1, -0.05) is 214 Å². The first kappa shape index (κ1) is 60.1. The van der Waals surface area contributed by atoms with Crippen molar-refractivity contribution in [3.63, 3.8) is 0 Å². The van der Waals surface area contributed by atoms with Crippen molar-refractivity contribution in [2.45, 2.75) is 226 Å². The Morgan fingerprint density at radius 2 is 0.641 bits per heavy atom. The number of esters is 3. The molecule has 0 amide bonds. The van der Waals surface area contributed by atoms with Crippen LogP contribution in [0.5, 0.6) is 0 Å². The summed E-state index contributed by atoms with van der Waals surface area (Å²) < 4.78 is 16.7. The molecule has 0 aliphatic heterocycles. The second-order valence-electron chi connectivity index (χ2n) is 16.7. The zero-order valence-corrected chi connectivity index (χ0v) is 41.3. The standard InChI is InChI=1S/C58H94O6/c1-4-7-10-13-16-19-22-25-27-28-29-30-32-34-37-39-42-45-48-51-57(60)63-54-55(64-58(61)52-49-46-43-40-35-24-21-18-15-12-9-6-3)53-62-56(59)50-47-44-41-38-36-33-31-26-23-20-17-14-11-8-5-2/h8,11,16-17,19-20,25-27,29-31,34,36-38,42,45,55H,4-7,9-10,12-15,18,21-24,28,32-33,35,39-41,43-44,46-54H2,1-3H3/b11-8-,19-16-,20-17-,27-25-,30-29-,31-26-,37-34-,38-36-,45-42-/t55-/m1/s1. The molecule has 0 rings (SSSR count). The molecule has 64 heavy (non-hydrogen) atoms. The summed E-state index contributed by atoms with van der Waals surface area (Å²) in [4.78, 5) is 37.9. The summed E-state index contributed by atoms with van der Waals surface area (Å²) in [6.45, 7) is 6.38. The number of carbonyl (C=O) groups is 3. The van der Waals surface area contributed by atoms with Crippen molar-refractivity contribution in [1.29, 1.82) is 0 Å². The summed E-state index contributed by atoms with van der Waals surface area (Å²) in [5.74, 6) is -1.05. The average molecular weight is 887 g/mol. The third-order valence-electron chi connectivity index (χ3n) is 10.5. The van der Waals surface area contributed by atoms with Gasteiger partial charge in [-0.2, -0.15) is 0 Å². The van der Waals surface area contributed by atoms with Gasteiger partial charge in [0.2, 0.25) is 0 Å². The Hall–Kier alpha value is -3.93. The van der Waals surface area contributed by atoms with Crippen LogP contribution in [0.2, 0.25) is 0 Å². The molecule has 362 valence electrons. The van der Waals surface area contributed by atoms with Gasteiger partial charge in [-0.25, -0.2) is 0 Å². The fraction of sp³-hybridized carbons (Fsp3) is 0.638. The van der Waals surface area contributed by atoms with Crippen LogP contribution in [-0.4, -0.2) is 37.2 Å². The lowest BCUT2D eigenvalue weighted by molar-refractivity contribution is -0.166. The van der Waals surface area contributed by atoms with E-state index in [4.69, 9.17) is 14.2 Å². The van der Waals surface area contributed by atoms with Gasteiger partial charge in [-0.05, 0) is 96.3 Å². The molecule has 0 bridgehead atoms. The minimum Gasteiger partial charge on any atom is -0.462 e. The molecule has 0 N–H and O–H groups in total. The first-order chi connectivity index (χ1) is 31.5. The quantitative estimate of drug-likeness (QED) is 0.0262. The van der Waals surface area contributed by atoms with Gasteiger partial charge in [-0.15, -0.1) is 0 Å². The average Bonchev–Trinajstić information content (AvgIpc) is 3.29. The van der Waals surface area contributed by atoms with E-state index >= 15 is 0 Å². The summed E-state index contributed by atoms with van der Waals surface area (Å²) in [6.07, 6.45) is 69.4. The van der Waals surface area contributed by atoms with Crippen LogP contribution in [0.15, 0.2) is 109 Å². The van der Waals surface area contributed by atoms with Crippen molar-refractivity contribution in [2.24, 2.45) is 0 Å². The van der Waals surface area contributed by atoms with Gasteiger partial charge in [0, 0.05) is 19.3 Å². The topological polar surface area (TPSA) is 78.9 Å². The minimum absolute atomic E-state index is 0.123. The van der Waals surface area contributed by atoms with E-state index in [1.54, 1.807) is 0 Å². The van der Waals surface area contributed by atoms with Crippen LogP contribution in [0.4, 0.5) is 0 Å². The number of ether oxygens (including phenoxy) is 3. The highest BCUT2D eigenvalue weighted by Crippen LogP contribution is 2.14. The Morgan fingerprint density at radius 3 is 1.08 bits per heavy atom. The Balaban J connectivity index is 4.55. The molecule has 0 spiro atoms. The Kier molecular flexibility index (Phi) is 48.5. The molecule has 1 atom stereocenters. The van der Waals surface area contributed by atoms with Gasteiger partial charge >= 0.3 is 17.9 Å². The maximum absolute atomic E-state index is 12.8. The predicted molar refractivity (Wildman–Crippen MR) is 274 cm³/mol. The van der Waals surface area contributed by atoms with Crippen molar-refractivity contribution < 1.29 is 28.6 Å². The summed E-state index contributed by atoms with van der Waals surface area (Å²) in [7, 11) is 0. The number of hydrogen-bond acceptors (Lipinski definition) is 6. The molecule has 0 aromatic carbocycles. The van der Waals surface area contributed by atoms with Crippen LogP contribution in [0.25, 0.3) is 0 Å². The van der Waals surface area contributed by atoms with E-state index in [-0.39, 0.29) is 37.5 Å². The lowest BCUT2D eigenvalue weighted by Gasteiger charge is -2.18. The molecule has 0 heterocycles. The normalized spacial score (nSPS) is 13.0. The third kappa shape index (κ3) is 49.1. The Labute approximate surface area is 393 Å². The van der Waals surface area contributed by atoms with Gasteiger partial charge < -0.3 is 14.2 Å². The molecular formula is C58H94O6. The minimum atomic E-state index is -0.824. The van der Waals surface area contributed by atoms with Crippen molar-refractivity contribution in [3.8, 4) is 0 Å². The molecule has 0 fully saturated rings. The summed E-state index contributed by atoms with van der Waals surface area (Å²) in [5.41, 5.74) is 0. The van der Waals surface area contributed by atoms with Crippen molar-refractivity contribution in [3.05, 3.63) is 109 Å². The van der Waals surface area contributed by atoms with Crippen LogP contribution in [-0.2, 0) is 28.6 Å². The zero-order valence-electron chi connectivity index (χ0n) is 41.3. The fourth-order valence-electron chi connectivity index (χ4n) is 6.65. The molecule has 6 heteroatoms. The molecule has 0 saturated carbocycles. The number of allylic oxidation sites excluding steroid dienone is 18. The predicted octanol–water partition coefficient (Wildman–Crippen LogP) is 17.1. The van der Waals surface area contributed by atoms with Crippen LogP contribution < -0.4 is 0 Å². The van der Waals surface area contributed by atoms with E-state index in [1.807, 2.05) is 6.08 Å². The van der Waals surface area contributed by atoms with E-state index in [1.165, 1.54) is 83.5 Å². The SMILES string of the molecule is CC/C=C\C/C=C\C/C=C\C/C=C\CCCCC(=O)OC[C@H](COC(=O)CC/C=C\C/C=C\C/C=C\C/C=C\C/C=C\CCCCC)OC(=O)CCCCCCCCCCCCCC. The molecule has 0 unspecified atom stereocenters. The lowest BCUT2D eigenvalue weighted by Crippen LogP contribution is -2.30. The van der Waals surface area contributed by atoms with Crippen LogP contribution >= 0.6 is 0 Å². The van der Waals surface area contributed by atoms with Gasteiger partial charge in [0.1, 0.15) is 13.2 Å². The van der Waals surface area contributed by atoms with Gasteiger partial charge in [-0.3, -0.25) is 14.4 Å². The Bertz CT molecular complexity index is 1340. The van der Waals surface area contributed by atoms with Crippen LogP contribution in [0.1, 0.15) is 220 Å².